The number of hydrogen-bond donors (Lipinski definition) is 2. The van der Waals surface area contributed by atoms with Crippen molar-refractivity contribution in [2.75, 3.05) is 39.0 Å². The van der Waals surface area contributed by atoms with Crippen LogP contribution in [0.25, 0.3) is 33.7 Å². The van der Waals surface area contributed by atoms with Crippen molar-refractivity contribution < 1.29 is 4.74 Å². The Morgan fingerprint density at radius 2 is 1.66 bits per heavy atom. The number of tetrazole rings is 1. The molecule has 2 fully saturated rings. The summed E-state index contributed by atoms with van der Waals surface area (Å²) in [6.45, 7) is 4.62. The fourth-order valence-electron chi connectivity index (χ4n) is 6.13. The first kappa shape index (κ1) is 25.5. The molecule has 0 radical (unpaired) electrons. The van der Waals surface area contributed by atoms with Crippen LogP contribution in [0.3, 0.4) is 0 Å². The Bertz CT molecular complexity index is 1620. The summed E-state index contributed by atoms with van der Waals surface area (Å²) < 4.78 is 8.29. The molecule has 2 aromatic carbocycles. The molecule has 12 nitrogen and oxygen atoms in total. The number of aromatic nitrogens is 8. The van der Waals surface area contributed by atoms with E-state index < -0.39 is 0 Å². The van der Waals surface area contributed by atoms with E-state index in [1.165, 1.54) is 19.2 Å². The minimum absolute atomic E-state index is 0.286. The Hall–Kier alpha value is -4.42. The maximum Gasteiger partial charge on any atom is 0.208 e. The minimum Gasteiger partial charge on any atom is -0.457 e. The molecule has 12 heteroatoms. The van der Waals surface area contributed by atoms with Gasteiger partial charge >= 0.3 is 0 Å². The predicted octanol–water partition coefficient (Wildman–Crippen LogP) is 3.78. The van der Waals surface area contributed by atoms with Crippen molar-refractivity contribution in [3.8, 4) is 34.1 Å². The zero-order chi connectivity index (χ0) is 27.8. The average Bonchev–Trinajstić information content (AvgIpc) is 3.68. The van der Waals surface area contributed by atoms with Crippen molar-refractivity contribution in [2.24, 2.45) is 0 Å². The predicted molar refractivity (Wildman–Crippen MR) is 155 cm³/mol. The van der Waals surface area contributed by atoms with Crippen molar-refractivity contribution in [1.82, 2.24) is 50.2 Å². The molecule has 0 atom stereocenters. The number of fused-ring (bicyclic) bond motifs is 1. The normalized spacial score (nSPS) is 20.4. The molecule has 3 N–H and O–H groups in total. The number of aromatic amines is 1. The maximum absolute atomic E-state index is 6.40. The molecular weight excluding hydrogens is 518 g/mol. The highest BCUT2D eigenvalue weighted by Gasteiger charge is 2.30. The summed E-state index contributed by atoms with van der Waals surface area (Å²) in [4.78, 5) is 14.0. The van der Waals surface area contributed by atoms with Gasteiger partial charge in [0.15, 0.2) is 5.65 Å². The third-order valence-corrected chi connectivity index (χ3v) is 8.41. The summed E-state index contributed by atoms with van der Waals surface area (Å²) in [5, 5.41) is 20.2. The maximum atomic E-state index is 6.40. The number of hydrogen-bond acceptors (Lipinski definition) is 10. The third kappa shape index (κ3) is 5.00. The second kappa shape index (κ2) is 10.9. The number of likely N-dealkylation sites (N-methyl/N-ethyl adjacent to an activating group) is 1. The van der Waals surface area contributed by atoms with Gasteiger partial charge in [0.25, 0.3) is 0 Å². The van der Waals surface area contributed by atoms with Gasteiger partial charge in [0.1, 0.15) is 29.3 Å². The second-order valence-electron chi connectivity index (χ2n) is 10.9. The Balaban J connectivity index is 1.13. The van der Waals surface area contributed by atoms with Crippen LogP contribution in [0.4, 0.5) is 5.82 Å². The van der Waals surface area contributed by atoms with E-state index in [0.717, 1.165) is 66.9 Å². The van der Waals surface area contributed by atoms with E-state index in [0.29, 0.717) is 29.2 Å². The number of nitrogens with zero attached hydrogens (tertiary/aromatic N) is 9. The number of nitrogen functional groups attached to an aromatic ring is 1. The zero-order valence-corrected chi connectivity index (χ0v) is 23.0. The van der Waals surface area contributed by atoms with Gasteiger partial charge < -0.3 is 15.4 Å². The average molecular weight is 552 g/mol. The number of para-hydroxylation sites is 1. The van der Waals surface area contributed by atoms with Gasteiger partial charge in [-0.1, -0.05) is 12.1 Å². The third-order valence-electron chi connectivity index (χ3n) is 8.41. The van der Waals surface area contributed by atoms with E-state index in [-0.39, 0.29) is 6.04 Å². The van der Waals surface area contributed by atoms with E-state index in [1.807, 2.05) is 48.5 Å². The first-order valence-corrected chi connectivity index (χ1v) is 14.2. The molecule has 3 aromatic heterocycles. The lowest BCUT2D eigenvalue weighted by Crippen LogP contribution is -2.49. The van der Waals surface area contributed by atoms with Crippen LogP contribution < -0.4 is 10.5 Å². The SMILES string of the molecule is CN1CCN([C@H]2CC[C@@H](n3nc(-c4ccc(Oc5ccccc5-c5nn[nH]n5)cc4)c4c(N)ncnc43)CC2)CC1. The fraction of sp³-hybridized carbons (Fsp3) is 0.379. The van der Waals surface area contributed by atoms with Gasteiger partial charge in [0, 0.05) is 37.8 Å². The van der Waals surface area contributed by atoms with Crippen LogP contribution in [-0.2, 0) is 0 Å². The molecule has 1 aliphatic heterocycles. The Kier molecular flexibility index (Phi) is 6.77. The quantitative estimate of drug-likeness (QED) is 0.320. The van der Waals surface area contributed by atoms with Gasteiger partial charge in [0.05, 0.1) is 17.0 Å². The standard InChI is InChI=1S/C29H33N11O/c1-38-14-16-39(17-15-38)20-8-10-21(11-9-20)40-29-25(27(30)31-18-32-29)26(35-40)19-6-12-22(13-7-19)41-24-5-3-2-4-23(24)28-33-36-37-34-28/h2-7,12-13,18,20-21H,8-11,14-17H2,1H3,(H2,30,31,32)(H,33,34,36,37)/t20-,21+. The number of piperazine rings is 1. The Labute approximate surface area is 237 Å². The highest BCUT2D eigenvalue weighted by atomic mass is 16.5. The molecule has 4 heterocycles. The van der Waals surface area contributed by atoms with Gasteiger partial charge in [-0.25, -0.2) is 14.6 Å². The number of rotatable bonds is 6. The monoisotopic (exact) mass is 551 g/mol. The van der Waals surface area contributed by atoms with Gasteiger partial charge in [-0.2, -0.15) is 10.3 Å². The molecule has 1 saturated carbocycles. The van der Waals surface area contributed by atoms with E-state index >= 15 is 0 Å². The highest BCUT2D eigenvalue weighted by Crippen LogP contribution is 2.38. The van der Waals surface area contributed by atoms with E-state index in [9.17, 15) is 0 Å². The lowest BCUT2D eigenvalue weighted by molar-refractivity contribution is 0.0815. The molecule has 7 rings (SSSR count). The summed E-state index contributed by atoms with van der Waals surface area (Å²) in [7, 11) is 2.21. The molecule has 0 unspecified atom stereocenters. The molecule has 5 aromatic rings. The van der Waals surface area contributed by atoms with Crippen LogP contribution in [0.15, 0.2) is 54.9 Å². The van der Waals surface area contributed by atoms with Crippen molar-refractivity contribution in [3.63, 3.8) is 0 Å². The van der Waals surface area contributed by atoms with E-state index in [1.54, 1.807) is 0 Å². The zero-order valence-electron chi connectivity index (χ0n) is 23.0. The van der Waals surface area contributed by atoms with E-state index in [4.69, 9.17) is 15.6 Å². The number of nitrogens with two attached hydrogens (primary N) is 1. The number of ether oxygens (including phenoxy) is 1. The molecule has 0 spiro atoms. The summed E-state index contributed by atoms with van der Waals surface area (Å²) in [5.74, 6) is 2.24. The van der Waals surface area contributed by atoms with Crippen molar-refractivity contribution in [1.29, 1.82) is 0 Å². The summed E-state index contributed by atoms with van der Waals surface area (Å²) in [6, 6.07) is 16.4. The topological polar surface area (TPSA) is 140 Å². The molecule has 1 aliphatic carbocycles. The largest absolute Gasteiger partial charge is 0.457 e. The van der Waals surface area contributed by atoms with Crippen molar-refractivity contribution in [2.45, 2.75) is 37.8 Å². The van der Waals surface area contributed by atoms with E-state index in [2.05, 4.69) is 52.1 Å². The highest BCUT2D eigenvalue weighted by molar-refractivity contribution is 5.98. The first-order valence-electron chi connectivity index (χ1n) is 14.2. The second-order valence-corrected chi connectivity index (χ2v) is 10.9. The Morgan fingerprint density at radius 3 is 2.41 bits per heavy atom. The van der Waals surface area contributed by atoms with Crippen molar-refractivity contribution in [3.05, 3.63) is 54.9 Å². The van der Waals surface area contributed by atoms with Crippen LogP contribution in [0.5, 0.6) is 11.5 Å². The molecular formula is C29H33N11O. The smallest absolute Gasteiger partial charge is 0.208 e. The van der Waals surface area contributed by atoms with Crippen LogP contribution >= 0.6 is 0 Å². The fourth-order valence-corrected chi connectivity index (χ4v) is 6.13. The number of H-pyrrole nitrogens is 1. The van der Waals surface area contributed by atoms with Gasteiger partial charge in [-0.15, -0.1) is 10.2 Å². The summed E-state index contributed by atoms with van der Waals surface area (Å²) in [5.41, 5.74) is 9.67. The van der Waals surface area contributed by atoms with Gasteiger partial charge in [0.2, 0.25) is 5.82 Å². The first-order chi connectivity index (χ1) is 20.1. The molecule has 210 valence electrons. The van der Waals surface area contributed by atoms with Crippen LogP contribution in [0.1, 0.15) is 31.7 Å². The summed E-state index contributed by atoms with van der Waals surface area (Å²) >= 11 is 0. The molecule has 0 bridgehead atoms. The van der Waals surface area contributed by atoms with Crippen LogP contribution in [0, 0.1) is 0 Å². The van der Waals surface area contributed by atoms with Crippen LogP contribution in [0.2, 0.25) is 0 Å². The molecule has 2 aliphatic rings. The van der Waals surface area contributed by atoms with Gasteiger partial charge in [-0.05, 0) is 74.3 Å². The number of nitrogens with one attached hydrogen (secondary N) is 1. The number of anilines is 1. The lowest BCUT2D eigenvalue weighted by atomic mass is 9.90. The molecule has 1 saturated heterocycles. The molecule has 0 amide bonds. The summed E-state index contributed by atoms with van der Waals surface area (Å²) in [6.07, 6.45) is 6.02. The van der Waals surface area contributed by atoms with Gasteiger partial charge in [-0.3, -0.25) is 4.90 Å². The lowest BCUT2D eigenvalue weighted by Gasteiger charge is -2.41. The number of benzene rings is 2. The minimum atomic E-state index is 0.286. The van der Waals surface area contributed by atoms with Crippen LogP contribution in [-0.4, -0.2) is 89.4 Å². The molecule has 41 heavy (non-hydrogen) atoms. The Morgan fingerprint density at radius 1 is 0.902 bits per heavy atom. The van der Waals surface area contributed by atoms with Crippen molar-refractivity contribution >= 4 is 16.9 Å².